The lowest BCUT2D eigenvalue weighted by atomic mass is 10.2. The molecule has 2 aromatic heterocycles. The van der Waals surface area contributed by atoms with Gasteiger partial charge in [-0.05, 0) is 65.9 Å². The molecule has 1 aliphatic rings. The maximum absolute atomic E-state index is 4.72. The van der Waals surface area contributed by atoms with Gasteiger partial charge in [0.15, 0.2) is 0 Å². The van der Waals surface area contributed by atoms with Crippen molar-refractivity contribution in [1.82, 2.24) is 14.8 Å². The molecule has 0 saturated carbocycles. The topological polar surface area (TPSA) is 19.4 Å². The third-order valence-corrected chi connectivity index (χ3v) is 6.65. The van der Waals surface area contributed by atoms with Crippen LogP contribution < -0.4 is 0 Å². The summed E-state index contributed by atoms with van der Waals surface area (Å²) in [5.41, 5.74) is 1.24. The molecule has 3 rings (SSSR count). The van der Waals surface area contributed by atoms with E-state index in [0.29, 0.717) is 6.04 Å². The Morgan fingerprint density at radius 3 is 2.52 bits per heavy atom. The molecule has 0 aliphatic carbocycles. The molecule has 3 heterocycles. The lowest BCUT2D eigenvalue weighted by Gasteiger charge is -2.23. The Kier molecular flexibility index (Phi) is 5.52. The Labute approximate surface area is 148 Å². The van der Waals surface area contributed by atoms with Crippen molar-refractivity contribution in [3.8, 4) is 0 Å². The zero-order chi connectivity index (χ0) is 16.4. The normalized spacial score (nSPS) is 17.3. The molecule has 126 valence electrons. The molecular formula is C18H27N3S2. The van der Waals surface area contributed by atoms with Crippen molar-refractivity contribution in [3.63, 3.8) is 0 Å². The summed E-state index contributed by atoms with van der Waals surface area (Å²) in [4.78, 5) is 14.0. The van der Waals surface area contributed by atoms with Crippen LogP contribution >= 0.6 is 22.7 Å². The summed E-state index contributed by atoms with van der Waals surface area (Å²) in [6, 6.07) is 4.98. The standard InChI is InChI=1S/C18H27N3S2/c1-13(18-14(2)22-15(3)19-18)20(4)11-16-7-8-17(23-16)12-21-9-5-6-10-21/h7-8,13H,5-6,9-12H2,1-4H3. The number of likely N-dealkylation sites (tertiary alicyclic amines) is 1. The molecular weight excluding hydrogens is 322 g/mol. The lowest BCUT2D eigenvalue weighted by Crippen LogP contribution is -2.22. The predicted octanol–water partition coefficient (Wildman–Crippen LogP) is 4.61. The van der Waals surface area contributed by atoms with Gasteiger partial charge >= 0.3 is 0 Å². The highest BCUT2D eigenvalue weighted by molar-refractivity contribution is 7.12. The van der Waals surface area contributed by atoms with Crippen LogP contribution in [0.15, 0.2) is 12.1 Å². The first kappa shape index (κ1) is 17.1. The van der Waals surface area contributed by atoms with Crippen LogP contribution in [0.5, 0.6) is 0 Å². The van der Waals surface area contributed by atoms with E-state index in [9.17, 15) is 0 Å². The van der Waals surface area contributed by atoms with Gasteiger partial charge in [-0.2, -0.15) is 0 Å². The second kappa shape index (κ2) is 7.43. The van der Waals surface area contributed by atoms with Gasteiger partial charge in [0.2, 0.25) is 0 Å². The molecule has 3 nitrogen and oxygen atoms in total. The van der Waals surface area contributed by atoms with E-state index in [1.807, 2.05) is 11.3 Å². The SMILES string of the molecule is Cc1nc(C(C)N(C)Cc2ccc(CN3CCCC3)s2)c(C)s1. The molecule has 0 bridgehead atoms. The van der Waals surface area contributed by atoms with Crippen LogP contribution in [-0.4, -0.2) is 34.9 Å². The van der Waals surface area contributed by atoms with Crippen molar-refractivity contribution in [1.29, 1.82) is 0 Å². The quantitative estimate of drug-likeness (QED) is 0.759. The number of nitrogens with zero attached hydrogens (tertiary/aromatic N) is 3. The Balaban J connectivity index is 1.60. The molecule has 1 aliphatic heterocycles. The van der Waals surface area contributed by atoms with Crippen molar-refractivity contribution < 1.29 is 0 Å². The summed E-state index contributed by atoms with van der Waals surface area (Å²) in [6.45, 7) is 11.2. The number of thiazole rings is 1. The number of hydrogen-bond acceptors (Lipinski definition) is 5. The van der Waals surface area contributed by atoms with Gasteiger partial charge in [-0.25, -0.2) is 4.98 Å². The highest BCUT2D eigenvalue weighted by Crippen LogP contribution is 2.28. The number of rotatable bonds is 6. The molecule has 0 aromatic carbocycles. The number of aryl methyl sites for hydroxylation is 2. The minimum absolute atomic E-state index is 0.365. The van der Waals surface area contributed by atoms with Crippen LogP contribution in [0.2, 0.25) is 0 Å². The maximum Gasteiger partial charge on any atom is 0.0900 e. The highest BCUT2D eigenvalue weighted by atomic mass is 32.1. The number of thiophene rings is 1. The Morgan fingerprint density at radius 2 is 1.87 bits per heavy atom. The average molecular weight is 350 g/mol. The van der Waals surface area contributed by atoms with Gasteiger partial charge in [0, 0.05) is 27.7 Å². The van der Waals surface area contributed by atoms with Crippen LogP contribution in [0, 0.1) is 13.8 Å². The smallest absolute Gasteiger partial charge is 0.0900 e. The fourth-order valence-electron chi connectivity index (χ4n) is 3.28. The van der Waals surface area contributed by atoms with Crippen LogP contribution in [0.3, 0.4) is 0 Å². The second-order valence-electron chi connectivity index (χ2n) is 6.62. The van der Waals surface area contributed by atoms with Gasteiger partial charge in [0.25, 0.3) is 0 Å². The van der Waals surface area contributed by atoms with Crippen molar-refractivity contribution in [2.75, 3.05) is 20.1 Å². The highest BCUT2D eigenvalue weighted by Gasteiger charge is 2.19. The summed E-state index contributed by atoms with van der Waals surface area (Å²) in [5.74, 6) is 0. The summed E-state index contributed by atoms with van der Waals surface area (Å²) in [7, 11) is 2.21. The molecule has 0 N–H and O–H groups in total. The molecule has 0 spiro atoms. The summed E-state index contributed by atoms with van der Waals surface area (Å²) in [6.07, 6.45) is 2.73. The zero-order valence-electron chi connectivity index (χ0n) is 14.6. The minimum atomic E-state index is 0.365. The van der Waals surface area contributed by atoms with Crippen molar-refractivity contribution in [3.05, 3.63) is 37.5 Å². The summed E-state index contributed by atoms with van der Waals surface area (Å²) < 4.78 is 0. The van der Waals surface area contributed by atoms with Crippen LogP contribution in [0.4, 0.5) is 0 Å². The molecule has 1 atom stereocenters. The van der Waals surface area contributed by atoms with Crippen LogP contribution in [-0.2, 0) is 13.1 Å². The van der Waals surface area contributed by atoms with Gasteiger partial charge in [-0.1, -0.05) is 0 Å². The van der Waals surface area contributed by atoms with E-state index in [1.165, 1.54) is 51.3 Å². The molecule has 0 amide bonds. The first-order valence-electron chi connectivity index (χ1n) is 8.47. The first-order valence-corrected chi connectivity index (χ1v) is 10.1. The van der Waals surface area contributed by atoms with E-state index in [2.05, 4.69) is 49.8 Å². The van der Waals surface area contributed by atoms with Crippen molar-refractivity contribution in [2.45, 2.75) is 52.7 Å². The van der Waals surface area contributed by atoms with Crippen molar-refractivity contribution >= 4 is 22.7 Å². The Bertz CT molecular complexity index is 640. The predicted molar refractivity (Wildman–Crippen MR) is 100 cm³/mol. The molecule has 2 aromatic rings. The van der Waals surface area contributed by atoms with Gasteiger partial charge < -0.3 is 0 Å². The molecule has 1 unspecified atom stereocenters. The van der Waals surface area contributed by atoms with Crippen LogP contribution in [0.25, 0.3) is 0 Å². The van der Waals surface area contributed by atoms with E-state index in [-0.39, 0.29) is 0 Å². The molecule has 1 saturated heterocycles. The molecule has 23 heavy (non-hydrogen) atoms. The van der Waals surface area contributed by atoms with Gasteiger partial charge in [0.05, 0.1) is 16.7 Å². The molecule has 1 fully saturated rings. The summed E-state index contributed by atoms with van der Waals surface area (Å²) >= 11 is 3.77. The largest absolute Gasteiger partial charge is 0.298 e. The first-order chi connectivity index (χ1) is 11.0. The zero-order valence-corrected chi connectivity index (χ0v) is 16.3. The fourth-order valence-corrected chi connectivity index (χ4v) is 5.31. The van der Waals surface area contributed by atoms with E-state index in [1.54, 1.807) is 11.3 Å². The van der Waals surface area contributed by atoms with E-state index < -0.39 is 0 Å². The van der Waals surface area contributed by atoms with Crippen LogP contribution in [0.1, 0.15) is 51.1 Å². The van der Waals surface area contributed by atoms with Crippen molar-refractivity contribution in [2.24, 2.45) is 0 Å². The second-order valence-corrected chi connectivity index (χ2v) is 9.28. The van der Waals surface area contributed by atoms with E-state index >= 15 is 0 Å². The van der Waals surface area contributed by atoms with Gasteiger partial charge in [0.1, 0.15) is 0 Å². The van der Waals surface area contributed by atoms with E-state index in [4.69, 9.17) is 4.98 Å². The number of aromatic nitrogens is 1. The monoisotopic (exact) mass is 349 g/mol. The molecule has 0 radical (unpaired) electrons. The fraction of sp³-hybridized carbons (Fsp3) is 0.611. The average Bonchev–Trinajstić information content (AvgIpc) is 3.22. The third kappa shape index (κ3) is 4.21. The van der Waals surface area contributed by atoms with Gasteiger partial charge in [-0.3, -0.25) is 9.80 Å². The lowest BCUT2D eigenvalue weighted by molar-refractivity contribution is 0.250. The molecule has 5 heteroatoms. The Hall–Kier alpha value is -0.750. The minimum Gasteiger partial charge on any atom is -0.298 e. The maximum atomic E-state index is 4.72. The summed E-state index contributed by atoms with van der Waals surface area (Å²) in [5, 5.41) is 1.17. The van der Waals surface area contributed by atoms with Gasteiger partial charge in [-0.15, -0.1) is 22.7 Å². The number of hydrogen-bond donors (Lipinski definition) is 0. The Morgan fingerprint density at radius 1 is 1.17 bits per heavy atom. The third-order valence-electron chi connectivity index (χ3n) is 4.70. The van der Waals surface area contributed by atoms with E-state index in [0.717, 1.165) is 13.1 Å².